The molecule has 43 heavy (non-hydrogen) atoms. The number of allylic oxidation sites excluding steroid dienone is 2. The van der Waals surface area contributed by atoms with Gasteiger partial charge in [-0.1, -0.05) is 87.2 Å². The number of aliphatic imine (C=N–C) groups is 1. The van der Waals surface area contributed by atoms with E-state index in [0.29, 0.717) is 11.5 Å². The maximum Gasteiger partial charge on any atom is 0.169 e. The molecule has 0 unspecified atom stereocenters. The van der Waals surface area contributed by atoms with Crippen molar-refractivity contribution in [1.29, 1.82) is 0 Å². The summed E-state index contributed by atoms with van der Waals surface area (Å²) in [6.07, 6.45) is 9.78. The minimum Gasteiger partial charge on any atom is -0.373 e. The van der Waals surface area contributed by atoms with E-state index >= 15 is 0 Å². The van der Waals surface area contributed by atoms with Crippen LogP contribution in [-0.4, -0.2) is 15.9 Å². The van der Waals surface area contributed by atoms with Gasteiger partial charge in [0.1, 0.15) is 0 Å². The third-order valence-corrected chi connectivity index (χ3v) is 8.76. The van der Waals surface area contributed by atoms with E-state index in [-0.39, 0.29) is 5.41 Å². The second-order valence-electron chi connectivity index (χ2n) is 11.7. The topological polar surface area (TPSA) is 37.7 Å². The lowest BCUT2D eigenvalue weighted by Gasteiger charge is -2.23. The summed E-state index contributed by atoms with van der Waals surface area (Å²) in [5.41, 5.74) is 13.7. The molecule has 0 spiro atoms. The number of aromatic nitrogens is 1. The summed E-state index contributed by atoms with van der Waals surface area (Å²) in [7, 11) is 0. The van der Waals surface area contributed by atoms with Crippen LogP contribution in [0.4, 0.5) is 0 Å². The summed E-state index contributed by atoms with van der Waals surface area (Å²) in [6, 6.07) is 34.4. The molecular weight excluding hydrogens is 526 g/mol. The first-order chi connectivity index (χ1) is 21.0. The van der Waals surface area contributed by atoms with Crippen LogP contribution < -0.4 is 4.84 Å². The molecule has 1 aromatic heterocycles. The Kier molecular flexibility index (Phi) is 5.60. The normalized spacial score (nSPS) is 15.8. The number of benzene rings is 4. The van der Waals surface area contributed by atoms with Gasteiger partial charge < -0.3 is 4.84 Å². The predicted molar refractivity (Wildman–Crippen MR) is 175 cm³/mol. The first kappa shape index (κ1) is 25.2. The summed E-state index contributed by atoms with van der Waals surface area (Å²) in [5, 5.41) is 1.72. The van der Waals surface area contributed by atoms with E-state index in [1.165, 1.54) is 38.9 Å². The van der Waals surface area contributed by atoms with E-state index in [9.17, 15) is 0 Å². The number of para-hydroxylation sites is 1. The third kappa shape index (κ3) is 4.14. The smallest absolute Gasteiger partial charge is 0.169 e. The molecule has 1 aliphatic carbocycles. The second kappa shape index (κ2) is 9.53. The number of amidine groups is 1. The number of hydroxylamine groups is 2. The number of pyridine rings is 1. The van der Waals surface area contributed by atoms with E-state index in [1.54, 1.807) is 5.06 Å². The average Bonchev–Trinajstić information content (AvgIpc) is 3.17. The first-order valence-corrected chi connectivity index (χ1v) is 14.5. The highest BCUT2D eigenvalue weighted by molar-refractivity contribution is 6.02. The van der Waals surface area contributed by atoms with Crippen LogP contribution in [0.5, 0.6) is 5.75 Å². The minimum atomic E-state index is -0.104. The summed E-state index contributed by atoms with van der Waals surface area (Å²) >= 11 is 0. The fraction of sp³-hybridized carbons (Fsp3) is 0.0769. The quantitative estimate of drug-likeness (QED) is 0.223. The van der Waals surface area contributed by atoms with E-state index in [0.717, 1.165) is 28.0 Å². The van der Waals surface area contributed by atoms with Crippen molar-refractivity contribution in [2.45, 2.75) is 19.3 Å². The minimum absolute atomic E-state index is 0.104. The number of nitrogens with zero attached hydrogens (tertiary/aromatic N) is 3. The molecule has 0 amide bonds. The zero-order valence-corrected chi connectivity index (χ0v) is 24.1. The van der Waals surface area contributed by atoms with Gasteiger partial charge in [0.15, 0.2) is 11.6 Å². The monoisotopic (exact) mass is 555 g/mol. The molecule has 4 heteroatoms. The van der Waals surface area contributed by atoms with Crippen LogP contribution in [0.15, 0.2) is 139 Å². The van der Waals surface area contributed by atoms with Crippen LogP contribution in [0.2, 0.25) is 0 Å². The SMILES string of the molecule is C=C1N=C2C=CC(c3ccc(-c4ccc5c(c4)C(C)(C)c4cc(-c6cccnc6)ccc4-5)cc3)=CN2Oc2ccccc21. The maximum atomic E-state index is 6.21. The van der Waals surface area contributed by atoms with Gasteiger partial charge in [-0.2, -0.15) is 5.06 Å². The highest BCUT2D eigenvalue weighted by atomic mass is 16.7. The van der Waals surface area contributed by atoms with Crippen LogP contribution in [0.1, 0.15) is 36.1 Å². The van der Waals surface area contributed by atoms with Crippen LogP contribution in [0, 0.1) is 0 Å². The molecule has 0 N–H and O–H groups in total. The zero-order chi connectivity index (χ0) is 29.1. The summed E-state index contributed by atoms with van der Waals surface area (Å²) < 4.78 is 0. The molecule has 4 aromatic carbocycles. The van der Waals surface area contributed by atoms with Crippen molar-refractivity contribution >= 4 is 17.1 Å². The number of hydrogen-bond acceptors (Lipinski definition) is 4. The summed E-state index contributed by atoms with van der Waals surface area (Å²) in [4.78, 5) is 15.2. The lowest BCUT2D eigenvalue weighted by atomic mass is 9.81. The lowest BCUT2D eigenvalue weighted by Crippen LogP contribution is -2.29. The molecular formula is C39H29N3O. The second-order valence-corrected chi connectivity index (χ2v) is 11.7. The van der Waals surface area contributed by atoms with Gasteiger partial charge in [-0.05, 0) is 92.6 Å². The van der Waals surface area contributed by atoms with Crippen molar-refractivity contribution in [3.05, 3.63) is 157 Å². The van der Waals surface area contributed by atoms with Crippen molar-refractivity contribution in [3.63, 3.8) is 0 Å². The molecule has 4 nitrogen and oxygen atoms in total. The first-order valence-electron chi connectivity index (χ1n) is 14.5. The van der Waals surface area contributed by atoms with Crippen molar-refractivity contribution in [3.8, 4) is 39.1 Å². The molecule has 5 aromatic rings. The number of fused-ring (bicyclic) bond motifs is 5. The zero-order valence-electron chi connectivity index (χ0n) is 24.1. The Balaban J connectivity index is 1.08. The molecule has 0 saturated carbocycles. The Morgan fingerprint density at radius 3 is 2.07 bits per heavy atom. The highest BCUT2D eigenvalue weighted by Crippen LogP contribution is 2.50. The van der Waals surface area contributed by atoms with E-state index < -0.39 is 0 Å². The maximum absolute atomic E-state index is 6.21. The van der Waals surface area contributed by atoms with Gasteiger partial charge in [-0.25, -0.2) is 4.99 Å². The van der Waals surface area contributed by atoms with Gasteiger partial charge in [-0.3, -0.25) is 4.98 Å². The van der Waals surface area contributed by atoms with Gasteiger partial charge >= 0.3 is 0 Å². The van der Waals surface area contributed by atoms with Crippen molar-refractivity contribution in [2.75, 3.05) is 0 Å². The van der Waals surface area contributed by atoms with Crippen LogP contribution >= 0.6 is 0 Å². The molecule has 0 atom stereocenters. The molecule has 0 bridgehead atoms. The predicted octanol–water partition coefficient (Wildman–Crippen LogP) is 9.31. The van der Waals surface area contributed by atoms with E-state index in [2.05, 4.69) is 103 Å². The molecule has 3 aliphatic rings. The Bertz CT molecular complexity index is 2030. The Morgan fingerprint density at radius 2 is 1.35 bits per heavy atom. The molecule has 3 heterocycles. The van der Waals surface area contributed by atoms with Crippen molar-refractivity contribution < 1.29 is 4.84 Å². The standard InChI is InChI=1S/C39H29N3O/c1-25-32-8-4-5-9-37(32)43-42-24-31(16-19-38(42)41-25)27-12-10-26(11-13-27)28-14-17-33-34-18-15-29(30-7-6-20-40-23-30)22-36(34)39(2,3)35(33)21-28/h4-24H,1H2,2-3H3. The van der Waals surface area contributed by atoms with E-state index in [4.69, 9.17) is 4.84 Å². The molecule has 8 rings (SSSR count). The number of rotatable bonds is 3. The fourth-order valence-corrected chi connectivity index (χ4v) is 6.38. The summed E-state index contributed by atoms with van der Waals surface area (Å²) in [5.74, 6) is 1.44. The highest BCUT2D eigenvalue weighted by Gasteiger charge is 2.36. The van der Waals surface area contributed by atoms with Crippen LogP contribution in [0.3, 0.4) is 0 Å². The summed E-state index contributed by atoms with van der Waals surface area (Å²) in [6.45, 7) is 8.79. The average molecular weight is 556 g/mol. The molecule has 0 saturated heterocycles. The Morgan fingerprint density at radius 1 is 0.674 bits per heavy atom. The molecule has 0 fully saturated rings. The third-order valence-electron chi connectivity index (χ3n) is 8.76. The molecule has 0 radical (unpaired) electrons. The van der Waals surface area contributed by atoms with Gasteiger partial charge in [0.2, 0.25) is 0 Å². The van der Waals surface area contributed by atoms with Crippen molar-refractivity contribution in [2.24, 2.45) is 4.99 Å². The lowest BCUT2D eigenvalue weighted by molar-refractivity contribution is 0.0742. The number of hydrogen-bond donors (Lipinski definition) is 0. The van der Waals surface area contributed by atoms with Gasteiger partial charge in [0, 0.05) is 28.9 Å². The van der Waals surface area contributed by atoms with Gasteiger partial charge in [0.05, 0.1) is 11.9 Å². The largest absolute Gasteiger partial charge is 0.373 e. The van der Waals surface area contributed by atoms with E-state index in [1.807, 2.05) is 55.0 Å². The van der Waals surface area contributed by atoms with Crippen molar-refractivity contribution in [1.82, 2.24) is 10.0 Å². The van der Waals surface area contributed by atoms with Gasteiger partial charge in [0.25, 0.3) is 0 Å². The fourth-order valence-electron chi connectivity index (χ4n) is 6.38. The van der Waals surface area contributed by atoms with Gasteiger partial charge in [-0.15, -0.1) is 0 Å². The Hall–Kier alpha value is -5.48. The molecule has 2 aliphatic heterocycles. The Labute approximate surface area is 251 Å². The van der Waals surface area contributed by atoms with Crippen LogP contribution in [0.25, 0.3) is 44.7 Å². The molecule has 206 valence electrons. The van der Waals surface area contributed by atoms with Crippen LogP contribution in [-0.2, 0) is 5.41 Å².